The Morgan fingerprint density at radius 2 is 1.61 bits per heavy atom. The van der Waals surface area contributed by atoms with Gasteiger partial charge in [-0.3, -0.25) is 0 Å². The molecule has 0 saturated carbocycles. The van der Waals surface area contributed by atoms with Crippen LogP contribution in [0.25, 0.3) is 11.1 Å². The summed E-state index contributed by atoms with van der Waals surface area (Å²) >= 11 is 0. The SMILES string of the molecule is C[Si](C)(C)CCCOc1ccc(-c2ccc(O)cc2)c(F)c1F. The van der Waals surface area contributed by atoms with Gasteiger partial charge in [0.1, 0.15) is 5.75 Å². The van der Waals surface area contributed by atoms with Crippen LogP contribution in [-0.4, -0.2) is 19.8 Å². The maximum absolute atomic E-state index is 14.2. The Bertz CT molecular complexity index is 664. The van der Waals surface area contributed by atoms with E-state index in [-0.39, 0.29) is 17.1 Å². The van der Waals surface area contributed by atoms with Gasteiger partial charge in [0.2, 0.25) is 5.82 Å². The molecule has 23 heavy (non-hydrogen) atoms. The van der Waals surface area contributed by atoms with Crippen molar-refractivity contribution < 1.29 is 18.6 Å². The van der Waals surface area contributed by atoms with Crippen molar-refractivity contribution in [1.82, 2.24) is 0 Å². The van der Waals surface area contributed by atoms with Crippen LogP contribution in [-0.2, 0) is 0 Å². The molecule has 0 bridgehead atoms. The van der Waals surface area contributed by atoms with E-state index in [4.69, 9.17) is 4.74 Å². The average Bonchev–Trinajstić information content (AvgIpc) is 2.48. The maximum Gasteiger partial charge on any atom is 0.201 e. The van der Waals surface area contributed by atoms with Crippen molar-refractivity contribution in [3.63, 3.8) is 0 Å². The Labute approximate surface area is 136 Å². The molecule has 0 atom stereocenters. The normalized spacial score (nSPS) is 11.5. The summed E-state index contributed by atoms with van der Waals surface area (Å²) in [4.78, 5) is 0. The van der Waals surface area contributed by atoms with Gasteiger partial charge in [0.05, 0.1) is 6.61 Å². The Morgan fingerprint density at radius 1 is 0.957 bits per heavy atom. The molecule has 124 valence electrons. The van der Waals surface area contributed by atoms with Gasteiger partial charge in [0, 0.05) is 13.6 Å². The van der Waals surface area contributed by atoms with E-state index >= 15 is 0 Å². The zero-order valence-corrected chi connectivity index (χ0v) is 14.7. The van der Waals surface area contributed by atoms with Crippen molar-refractivity contribution in [3.05, 3.63) is 48.0 Å². The van der Waals surface area contributed by atoms with Gasteiger partial charge in [-0.25, -0.2) is 4.39 Å². The van der Waals surface area contributed by atoms with Gasteiger partial charge in [-0.1, -0.05) is 37.8 Å². The van der Waals surface area contributed by atoms with Gasteiger partial charge in [-0.2, -0.15) is 4.39 Å². The van der Waals surface area contributed by atoms with Crippen LogP contribution in [0.1, 0.15) is 6.42 Å². The lowest BCUT2D eigenvalue weighted by molar-refractivity contribution is 0.295. The molecule has 0 aliphatic rings. The number of hydrogen-bond acceptors (Lipinski definition) is 2. The fraction of sp³-hybridized carbons (Fsp3) is 0.333. The molecule has 2 aromatic carbocycles. The molecule has 0 aliphatic heterocycles. The monoisotopic (exact) mass is 336 g/mol. The molecule has 0 amide bonds. The second-order valence-electron chi connectivity index (χ2n) is 6.80. The molecule has 0 saturated heterocycles. The summed E-state index contributed by atoms with van der Waals surface area (Å²) in [7, 11) is -1.15. The first-order chi connectivity index (χ1) is 10.8. The van der Waals surface area contributed by atoms with E-state index < -0.39 is 19.7 Å². The van der Waals surface area contributed by atoms with E-state index in [9.17, 15) is 13.9 Å². The van der Waals surface area contributed by atoms with Crippen LogP contribution in [0.3, 0.4) is 0 Å². The van der Waals surface area contributed by atoms with Gasteiger partial charge in [0.25, 0.3) is 0 Å². The highest BCUT2D eigenvalue weighted by atomic mass is 28.3. The van der Waals surface area contributed by atoms with Crippen molar-refractivity contribution in [2.75, 3.05) is 6.61 Å². The predicted molar refractivity (Wildman–Crippen MR) is 91.7 cm³/mol. The second-order valence-corrected chi connectivity index (χ2v) is 12.4. The number of phenols is 1. The fourth-order valence-corrected chi connectivity index (χ4v) is 3.50. The van der Waals surface area contributed by atoms with Crippen molar-refractivity contribution in [2.24, 2.45) is 0 Å². The highest BCUT2D eigenvalue weighted by molar-refractivity contribution is 6.76. The fourth-order valence-electron chi connectivity index (χ4n) is 2.29. The van der Waals surface area contributed by atoms with Gasteiger partial charge < -0.3 is 9.84 Å². The van der Waals surface area contributed by atoms with Crippen LogP contribution in [0.15, 0.2) is 36.4 Å². The smallest absolute Gasteiger partial charge is 0.201 e. The quantitative estimate of drug-likeness (QED) is 0.562. The summed E-state index contributed by atoms with van der Waals surface area (Å²) in [6.45, 7) is 7.18. The summed E-state index contributed by atoms with van der Waals surface area (Å²) in [6.07, 6.45) is 0.844. The zero-order valence-electron chi connectivity index (χ0n) is 13.7. The Balaban J connectivity index is 2.10. The molecule has 2 rings (SSSR count). The first kappa shape index (κ1) is 17.5. The maximum atomic E-state index is 14.2. The largest absolute Gasteiger partial charge is 0.508 e. The minimum Gasteiger partial charge on any atom is -0.508 e. The van der Waals surface area contributed by atoms with E-state index in [0.29, 0.717) is 12.2 Å². The molecule has 0 fully saturated rings. The first-order valence-electron chi connectivity index (χ1n) is 7.68. The van der Waals surface area contributed by atoms with Crippen LogP contribution in [0.2, 0.25) is 25.7 Å². The molecule has 1 N–H and O–H groups in total. The Hall–Kier alpha value is -1.88. The number of halogens is 2. The number of aromatic hydroxyl groups is 1. The lowest BCUT2D eigenvalue weighted by Crippen LogP contribution is -2.20. The number of hydrogen-bond donors (Lipinski definition) is 1. The zero-order chi connectivity index (χ0) is 17.0. The van der Waals surface area contributed by atoms with Crippen molar-refractivity contribution in [3.8, 4) is 22.6 Å². The van der Waals surface area contributed by atoms with Crippen LogP contribution in [0, 0.1) is 11.6 Å². The molecule has 0 heterocycles. The molecule has 0 aromatic heterocycles. The van der Waals surface area contributed by atoms with E-state index in [1.54, 1.807) is 12.1 Å². The molecule has 0 aliphatic carbocycles. The van der Waals surface area contributed by atoms with Gasteiger partial charge >= 0.3 is 0 Å². The molecule has 2 nitrogen and oxygen atoms in total. The summed E-state index contributed by atoms with van der Waals surface area (Å²) in [5, 5.41) is 9.26. The third-order valence-electron chi connectivity index (χ3n) is 3.55. The molecular weight excluding hydrogens is 314 g/mol. The second kappa shape index (κ2) is 7.13. The van der Waals surface area contributed by atoms with Crippen LogP contribution >= 0.6 is 0 Å². The van der Waals surface area contributed by atoms with Gasteiger partial charge in [0.15, 0.2) is 11.6 Å². The van der Waals surface area contributed by atoms with Gasteiger partial charge in [-0.15, -0.1) is 0 Å². The van der Waals surface area contributed by atoms with E-state index in [2.05, 4.69) is 19.6 Å². The average molecular weight is 336 g/mol. The van der Waals surface area contributed by atoms with E-state index in [1.165, 1.54) is 24.3 Å². The molecule has 0 radical (unpaired) electrons. The van der Waals surface area contributed by atoms with E-state index in [1.807, 2.05) is 0 Å². The minimum absolute atomic E-state index is 0.0550. The minimum atomic E-state index is -1.15. The number of rotatable bonds is 6. The standard InChI is InChI=1S/C18H22F2O2Si/c1-23(2,3)12-4-11-22-16-10-9-15(17(19)18(16)20)13-5-7-14(21)8-6-13/h5-10,21H,4,11-12H2,1-3H3. The van der Waals surface area contributed by atoms with Crippen LogP contribution in [0.5, 0.6) is 11.5 Å². The summed E-state index contributed by atoms with van der Waals surface area (Å²) in [5.41, 5.74) is 0.654. The summed E-state index contributed by atoms with van der Waals surface area (Å²) in [5.74, 6) is -1.88. The predicted octanol–water partition coefficient (Wildman–Crippen LogP) is 5.44. The molecule has 0 unspecified atom stereocenters. The number of benzene rings is 2. The van der Waals surface area contributed by atoms with Crippen LogP contribution in [0.4, 0.5) is 8.78 Å². The molecule has 0 spiro atoms. The highest BCUT2D eigenvalue weighted by Gasteiger charge is 2.16. The Morgan fingerprint density at radius 3 is 2.22 bits per heavy atom. The third kappa shape index (κ3) is 4.79. The number of phenolic OH excluding ortho intramolecular Hbond substituents is 1. The molecule has 2 aromatic rings. The van der Waals surface area contributed by atoms with Gasteiger partial charge in [-0.05, 0) is 36.2 Å². The molecular formula is C18H22F2O2Si. The molecule has 5 heteroatoms. The van der Waals surface area contributed by atoms with Crippen molar-refractivity contribution in [2.45, 2.75) is 32.1 Å². The lowest BCUT2D eigenvalue weighted by Gasteiger charge is -2.16. The van der Waals surface area contributed by atoms with Crippen LogP contribution < -0.4 is 4.74 Å². The third-order valence-corrected chi connectivity index (χ3v) is 5.41. The van der Waals surface area contributed by atoms with Crippen molar-refractivity contribution in [1.29, 1.82) is 0 Å². The highest BCUT2D eigenvalue weighted by Crippen LogP contribution is 2.30. The first-order valence-corrected chi connectivity index (χ1v) is 11.4. The summed E-state index contributed by atoms with van der Waals surface area (Å²) in [6, 6.07) is 10.0. The number of ether oxygens (including phenoxy) is 1. The van der Waals surface area contributed by atoms with E-state index in [0.717, 1.165) is 12.5 Å². The summed E-state index contributed by atoms with van der Waals surface area (Å²) < 4.78 is 33.8. The van der Waals surface area contributed by atoms with Crippen molar-refractivity contribution >= 4 is 8.07 Å². The lowest BCUT2D eigenvalue weighted by atomic mass is 10.0. The Kier molecular flexibility index (Phi) is 5.41. The topological polar surface area (TPSA) is 29.5 Å².